The van der Waals surface area contributed by atoms with Gasteiger partial charge in [0, 0.05) is 0 Å². The Bertz CT molecular complexity index is 198. The molecule has 2 rings (SSSR count). The van der Waals surface area contributed by atoms with Crippen molar-refractivity contribution in [3.05, 3.63) is 23.8 Å². The van der Waals surface area contributed by atoms with Crippen LogP contribution >= 0.6 is 0 Å². The fourth-order valence-electron chi connectivity index (χ4n) is 2.43. The van der Waals surface area contributed by atoms with Gasteiger partial charge in [0.25, 0.3) is 0 Å². The lowest BCUT2D eigenvalue weighted by molar-refractivity contribution is 0.533. The Kier molecular flexibility index (Phi) is 2.65. The van der Waals surface area contributed by atoms with Gasteiger partial charge in [0.2, 0.25) is 0 Å². The summed E-state index contributed by atoms with van der Waals surface area (Å²) in [6, 6.07) is 0. The van der Waals surface area contributed by atoms with Gasteiger partial charge in [-0.2, -0.15) is 0 Å². The lowest BCUT2D eigenvalue weighted by atomic mass is 9.96. The monoisotopic (exact) mass is 162 g/mol. The van der Waals surface area contributed by atoms with E-state index in [9.17, 15) is 0 Å². The molecule has 12 heavy (non-hydrogen) atoms. The van der Waals surface area contributed by atoms with Crippen LogP contribution in [0.25, 0.3) is 0 Å². The van der Waals surface area contributed by atoms with Crippen LogP contribution in [0.4, 0.5) is 0 Å². The van der Waals surface area contributed by atoms with Crippen LogP contribution in [0.5, 0.6) is 0 Å². The second-order valence-corrected chi connectivity index (χ2v) is 4.04. The molecule has 0 spiro atoms. The molecule has 1 unspecified atom stereocenters. The Labute approximate surface area is 75.4 Å². The summed E-state index contributed by atoms with van der Waals surface area (Å²) >= 11 is 0. The van der Waals surface area contributed by atoms with Gasteiger partial charge in [-0.3, -0.25) is 0 Å². The van der Waals surface area contributed by atoms with Crippen molar-refractivity contribution >= 4 is 0 Å². The van der Waals surface area contributed by atoms with E-state index in [1.54, 1.807) is 5.57 Å². The van der Waals surface area contributed by atoms with Crippen LogP contribution in [0.2, 0.25) is 0 Å². The van der Waals surface area contributed by atoms with E-state index >= 15 is 0 Å². The minimum Gasteiger partial charge on any atom is -0.0845 e. The summed E-state index contributed by atoms with van der Waals surface area (Å²) in [6.45, 7) is 0. The van der Waals surface area contributed by atoms with Gasteiger partial charge in [0.15, 0.2) is 0 Å². The highest BCUT2D eigenvalue weighted by molar-refractivity contribution is 5.18. The fourth-order valence-corrected chi connectivity index (χ4v) is 2.43. The molecule has 0 aliphatic heterocycles. The number of fused-ring (bicyclic) bond motifs is 1. The molecule has 0 radical (unpaired) electrons. The van der Waals surface area contributed by atoms with Gasteiger partial charge in [-0.1, -0.05) is 30.2 Å². The molecular formula is C12H18. The Morgan fingerprint density at radius 2 is 2.00 bits per heavy atom. The van der Waals surface area contributed by atoms with E-state index in [1.807, 2.05) is 0 Å². The van der Waals surface area contributed by atoms with Crippen LogP contribution in [0.1, 0.15) is 44.9 Å². The average molecular weight is 162 g/mol. The van der Waals surface area contributed by atoms with Crippen LogP contribution in [0.15, 0.2) is 23.8 Å². The normalized spacial score (nSPS) is 37.0. The van der Waals surface area contributed by atoms with E-state index in [4.69, 9.17) is 0 Å². The first-order valence-electron chi connectivity index (χ1n) is 5.32. The van der Waals surface area contributed by atoms with Crippen LogP contribution in [-0.2, 0) is 0 Å². The number of hydrogen-bond acceptors (Lipinski definition) is 0. The van der Waals surface area contributed by atoms with Crippen molar-refractivity contribution in [2.24, 2.45) is 5.92 Å². The SMILES string of the molecule is C1=C2/CCCC2CCCC/C=C/1. The topological polar surface area (TPSA) is 0 Å². The third kappa shape index (κ3) is 1.80. The zero-order chi connectivity index (χ0) is 8.23. The first-order valence-corrected chi connectivity index (χ1v) is 5.32. The van der Waals surface area contributed by atoms with Crippen molar-refractivity contribution in [2.75, 3.05) is 0 Å². The van der Waals surface area contributed by atoms with Gasteiger partial charge < -0.3 is 0 Å². The predicted octanol–water partition coefficient (Wildman–Crippen LogP) is 3.84. The second kappa shape index (κ2) is 3.93. The molecule has 1 atom stereocenters. The highest BCUT2D eigenvalue weighted by Gasteiger charge is 2.19. The first kappa shape index (κ1) is 8.10. The fraction of sp³-hybridized carbons (Fsp3) is 0.667. The van der Waals surface area contributed by atoms with Gasteiger partial charge in [-0.05, 0) is 44.4 Å². The third-order valence-electron chi connectivity index (χ3n) is 3.16. The molecule has 0 saturated heterocycles. The molecule has 0 heteroatoms. The van der Waals surface area contributed by atoms with E-state index in [0.717, 1.165) is 5.92 Å². The maximum absolute atomic E-state index is 2.38. The molecule has 0 heterocycles. The maximum atomic E-state index is 2.38. The molecule has 2 aliphatic carbocycles. The number of hydrogen-bond donors (Lipinski definition) is 0. The lowest BCUT2D eigenvalue weighted by Gasteiger charge is -2.09. The number of allylic oxidation sites excluding steroid dienone is 4. The van der Waals surface area contributed by atoms with Crippen molar-refractivity contribution in [1.29, 1.82) is 0 Å². The average Bonchev–Trinajstić information content (AvgIpc) is 2.50. The van der Waals surface area contributed by atoms with Gasteiger partial charge in [0.05, 0.1) is 0 Å². The van der Waals surface area contributed by atoms with Crippen LogP contribution < -0.4 is 0 Å². The van der Waals surface area contributed by atoms with Crippen molar-refractivity contribution < 1.29 is 0 Å². The van der Waals surface area contributed by atoms with E-state index in [-0.39, 0.29) is 0 Å². The third-order valence-corrected chi connectivity index (χ3v) is 3.16. The summed E-state index contributed by atoms with van der Waals surface area (Å²) in [5, 5.41) is 0. The van der Waals surface area contributed by atoms with Crippen LogP contribution in [-0.4, -0.2) is 0 Å². The van der Waals surface area contributed by atoms with Crippen molar-refractivity contribution in [3.8, 4) is 0 Å². The Morgan fingerprint density at radius 1 is 1.08 bits per heavy atom. The quantitative estimate of drug-likeness (QED) is 0.507. The van der Waals surface area contributed by atoms with Gasteiger partial charge in [-0.25, -0.2) is 0 Å². The zero-order valence-electron chi connectivity index (χ0n) is 7.76. The Morgan fingerprint density at radius 3 is 3.00 bits per heavy atom. The lowest BCUT2D eigenvalue weighted by Crippen LogP contribution is -1.95. The molecule has 66 valence electrons. The largest absolute Gasteiger partial charge is 0.0845 e. The smallest absolute Gasteiger partial charge is 0.0200 e. The standard InChI is InChI=1S/C12H18/c1-2-4-7-11-9-6-10-12(11)8-5-3-1/h2,4,7,12H,1,3,5-6,8-10H2/b4-2+,11-7-. The zero-order valence-corrected chi connectivity index (χ0v) is 7.76. The summed E-state index contributed by atoms with van der Waals surface area (Å²) < 4.78 is 0. The number of rotatable bonds is 0. The Hall–Kier alpha value is -0.520. The summed E-state index contributed by atoms with van der Waals surface area (Å²) in [4.78, 5) is 0. The summed E-state index contributed by atoms with van der Waals surface area (Å²) in [7, 11) is 0. The second-order valence-electron chi connectivity index (χ2n) is 4.04. The summed E-state index contributed by atoms with van der Waals surface area (Å²) in [5.74, 6) is 0.952. The molecule has 0 N–H and O–H groups in total. The molecule has 0 aromatic heterocycles. The summed E-state index contributed by atoms with van der Waals surface area (Å²) in [5.41, 5.74) is 1.73. The van der Waals surface area contributed by atoms with E-state index in [2.05, 4.69) is 18.2 Å². The van der Waals surface area contributed by atoms with Crippen molar-refractivity contribution in [2.45, 2.75) is 44.9 Å². The highest BCUT2D eigenvalue weighted by Crippen LogP contribution is 2.35. The molecule has 0 bridgehead atoms. The summed E-state index contributed by atoms with van der Waals surface area (Å²) in [6.07, 6.45) is 16.8. The minimum absolute atomic E-state index is 0.952. The maximum Gasteiger partial charge on any atom is -0.0200 e. The minimum atomic E-state index is 0.952. The van der Waals surface area contributed by atoms with Gasteiger partial charge in [-0.15, -0.1) is 0 Å². The molecule has 0 nitrogen and oxygen atoms in total. The Balaban J connectivity index is 2.08. The van der Waals surface area contributed by atoms with Crippen LogP contribution in [0.3, 0.4) is 0 Å². The highest BCUT2D eigenvalue weighted by atomic mass is 14.2. The van der Waals surface area contributed by atoms with E-state index in [1.165, 1.54) is 44.9 Å². The van der Waals surface area contributed by atoms with Crippen molar-refractivity contribution in [1.82, 2.24) is 0 Å². The first-order chi connectivity index (χ1) is 5.97. The molecular weight excluding hydrogens is 144 g/mol. The molecule has 0 amide bonds. The molecule has 2 aliphatic rings. The molecule has 0 aromatic rings. The molecule has 1 saturated carbocycles. The van der Waals surface area contributed by atoms with Crippen molar-refractivity contribution in [3.63, 3.8) is 0 Å². The van der Waals surface area contributed by atoms with E-state index < -0.39 is 0 Å². The van der Waals surface area contributed by atoms with Gasteiger partial charge >= 0.3 is 0 Å². The molecule has 0 aromatic carbocycles. The van der Waals surface area contributed by atoms with E-state index in [0.29, 0.717) is 0 Å². The van der Waals surface area contributed by atoms with Crippen LogP contribution in [0, 0.1) is 5.92 Å². The van der Waals surface area contributed by atoms with Gasteiger partial charge in [0.1, 0.15) is 0 Å². The predicted molar refractivity (Wildman–Crippen MR) is 53.0 cm³/mol. The molecule has 1 fully saturated rings.